The van der Waals surface area contributed by atoms with Crippen molar-refractivity contribution in [3.8, 4) is 11.3 Å². The predicted molar refractivity (Wildman–Crippen MR) is 79.9 cm³/mol. The van der Waals surface area contributed by atoms with E-state index in [4.69, 9.17) is 0 Å². The summed E-state index contributed by atoms with van der Waals surface area (Å²) in [5.41, 5.74) is 2.66. The lowest BCUT2D eigenvalue weighted by molar-refractivity contribution is -0.150. The number of rotatable bonds is 3. The van der Waals surface area contributed by atoms with Crippen LogP contribution in [0, 0.1) is 0 Å². The summed E-state index contributed by atoms with van der Waals surface area (Å²) < 4.78 is 38.2. The highest BCUT2D eigenvalue weighted by Crippen LogP contribution is 2.23. The minimum absolute atomic E-state index is 0.312. The number of alkyl halides is 3. The van der Waals surface area contributed by atoms with Crippen LogP contribution in [0.4, 0.5) is 18.9 Å². The number of imidazole rings is 1. The summed E-state index contributed by atoms with van der Waals surface area (Å²) in [7, 11) is 0. The molecule has 0 unspecified atom stereocenters. The Balaban J connectivity index is 1.75. The smallest absolute Gasteiger partial charge is 0.326 e. The molecule has 0 aliphatic rings. The number of carbonyl (C=O) groups excluding carboxylic acids is 1. The van der Waals surface area contributed by atoms with Gasteiger partial charge in [0.25, 0.3) is 0 Å². The molecule has 0 saturated carbocycles. The van der Waals surface area contributed by atoms with Crippen molar-refractivity contribution in [3.05, 3.63) is 54.9 Å². The standard InChI is InChI=1S/C16H12F3N3O/c17-16(18,19)9-15(23)20-12-6-4-11(5-7-12)13-10-22-8-2-1-3-14(22)21-13/h1-8,10H,9H2,(H,20,23). The second-order valence-electron chi connectivity index (χ2n) is 5.01. The van der Waals surface area contributed by atoms with Gasteiger partial charge in [-0.2, -0.15) is 13.2 Å². The quantitative estimate of drug-likeness (QED) is 0.796. The third-order valence-electron chi connectivity index (χ3n) is 3.19. The number of anilines is 1. The molecule has 0 radical (unpaired) electrons. The van der Waals surface area contributed by atoms with Gasteiger partial charge >= 0.3 is 6.18 Å². The first-order valence-corrected chi connectivity index (χ1v) is 6.81. The maximum Gasteiger partial charge on any atom is 0.397 e. The van der Waals surface area contributed by atoms with E-state index in [-0.39, 0.29) is 0 Å². The lowest BCUT2D eigenvalue weighted by Gasteiger charge is -2.08. The number of carbonyl (C=O) groups is 1. The SMILES string of the molecule is O=C(CC(F)(F)F)Nc1ccc(-c2cn3ccccc3n2)cc1. The third-order valence-corrected chi connectivity index (χ3v) is 3.19. The molecular weight excluding hydrogens is 307 g/mol. The summed E-state index contributed by atoms with van der Waals surface area (Å²) >= 11 is 0. The molecular formula is C16H12F3N3O. The molecule has 1 N–H and O–H groups in total. The zero-order chi connectivity index (χ0) is 16.4. The summed E-state index contributed by atoms with van der Waals surface area (Å²) in [5, 5.41) is 2.22. The molecule has 2 aromatic heterocycles. The summed E-state index contributed by atoms with van der Waals surface area (Å²) in [5.74, 6) is -1.09. The second-order valence-corrected chi connectivity index (χ2v) is 5.01. The van der Waals surface area contributed by atoms with Crippen LogP contribution in [-0.2, 0) is 4.79 Å². The van der Waals surface area contributed by atoms with Gasteiger partial charge in [0.2, 0.25) is 5.91 Å². The fraction of sp³-hybridized carbons (Fsp3) is 0.125. The highest BCUT2D eigenvalue weighted by Gasteiger charge is 2.31. The number of pyridine rings is 1. The van der Waals surface area contributed by atoms with E-state index < -0.39 is 18.5 Å². The molecule has 0 aliphatic carbocycles. The maximum absolute atomic E-state index is 12.1. The van der Waals surface area contributed by atoms with Crippen LogP contribution in [-0.4, -0.2) is 21.5 Å². The number of fused-ring (bicyclic) bond motifs is 1. The molecule has 0 spiro atoms. The Hall–Kier alpha value is -2.83. The van der Waals surface area contributed by atoms with Gasteiger partial charge in [-0.05, 0) is 24.3 Å². The number of nitrogens with one attached hydrogen (secondary N) is 1. The van der Waals surface area contributed by atoms with Crippen molar-refractivity contribution in [2.24, 2.45) is 0 Å². The van der Waals surface area contributed by atoms with E-state index >= 15 is 0 Å². The lowest BCUT2D eigenvalue weighted by atomic mass is 10.1. The average molecular weight is 319 g/mol. The lowest BCUT2D eigenvalue weighted by Crippen LogP contribution is -2.21. The molecule has 3 rings (SSSR count). The van der Waals surface area contributed by atoms with E-state index in [0.29, 0.717) is 5.69 Å². The highest BCUT2D eigenvalue weighted by atomic mass is 19.4. The van der Waals surface area contributed by atoms with E-state index in [1.165, 1.54) is 0 Å². The third kappa shape index (κ3) is 3.68. The van der Waals surface area contributed by atoms with Crippen molar-refractivity contribution in [1.29, 1.82) is 0 Å². The van der Waals surface area contributed by atoms with Gasteiger partial charge in [-0.3, -0.25) is 4.79 Å². The van der Waals surface area contributed by atoms with E-state index in [1.54, 1.807) is 24.3 Å². The van der Waals surface area contributed by atoms with Gasteiger partial charge in [0.1, 0.15) is 12.1 Å². The monoisotopic (exact) mass is 319 g/mol. The number of aromatic nitrogens is 2. The van der Waals surface area contributed by atoms with E-state index in [9.17, 15) is 18.0 Å². The molecule has 7 heteroatoms. The average Bonchev–Trinajstić information content (AvgIpc) is 2.89. The number of hydrogen-bond donors (Lipinski definition) is 1. The second kappa shape index (κ2) is 5.75. The molecule has 2 heterocycles. The van der Waals surface area contributed by atoms with Crippen molar-refractivity contribution in [1.82, 2.24) is 9.38 Å². The van der Waals surface area contributed by atoms with Crippen LogP contribution < -0.4 is 5.32 Å². The number of hydrogen-bond acceptors (Lipinski definition) is 2. The molecule has 1 amide bonds. The van der Waals surface area contributed by atoms with Crippen molar-refractivity contribution in [3.63, 3.8) is 0 Å². The van der Waals surface area contributed by atoms with E-state index in [0.717, 1.165) is 16.9 Å². The van der Waals surface area contributed by atoms with Crippen LogP contribution in [0.2, 0.25) is 0 Å². The fourth-order valence-electron chi connectivity index (χ4n) is 2.19. The zero-order valence-electron chi connectivity index (χ0n) is 11.8. The molecule has 4 nitrogen and oxygen atoms in total. The topological polar surface area (TPSA) is 46.4 Å². The van der Waals surface area contributed by atoms with Crippen molar-refractivity contribution < 1.29 is 18.0 Å². The summed E-state index contributed by atoms with van der Waals surface area (Å²) in [6, 6.07) is 12.1. The Kier molecular flexibility index (Phi) is 3.77. The fourth-order valence-corrected chi connectivity index (χ4v) is 2.19. The normalized spacial score (nSPS) is 11.6. The van der Waals surface area contributed by atoms with Crippen molar-refractivity contribution in [2.45, 2.75) is 12.6 Å². The number of amides is 1. The Morgan fingerprint density at radius 1 is 1.13 bits per heavy atom. The van der Waals surface area contributed by atoms with Crippen LogP contribution >= 0.6 is 0 Å². The highest BCUT2D eigenvalue weighted by molar-refractivity contribution is 5.91. The Morgan fingerprint density at radius 3 is 2.52 bits per heavy atom. The Morgan fingerprint density at radius 2 is 1.87 bits per heavy atom. The molecule has 0 bridgehead atoms. The summed E-state index contributed by atoms with van der Waals surface area (Å²) in [6.45, 7) is 0. The maximum atomic E-state index is 12.1. The van der Waals surface area contributed by atoms with Crippen LogP contribution in [0.15, 0.2) is 54.9 Å². The van der Waals surface area contributed by atoms with Crippen LogP contribution in [0.3, 0.4) is 0 Å². The molecule has 23 heavy (non-hydrogen) atoms. The first kappa shape index (κ1) is 15.1. The van der Waals surface area contributed by atoms with Gasteiger partial charge in [0.15, 0.2) is 0 Å². The van der Waals surface area contributed by atoms with Gasteiger partial charge < -0.3 is 9.72 Å². The minimum Gasteiger partial charge on any atom is -0.326 e. The summed E-state index contributed by atoms with van der Waals surface area (Å²) in [4.78, 5) is 15.7. The molecule has 1 aromatic carbocycles. The number of halogens is 3. The summed E-state index contributed by atoms with van der Waals surface area (Å²) in [6.07, 6.45) is -2.29. The van der Waals surface area contributed by atoms with Gasteiger partial charge in [0.05, 0.1) is 5.69 Å². The molecule has 0 atom stereocenters. The Bertz CT molecular complexity index is 805. The largest absolute Gasteiger partial charge is 0.397 e. The van der Waals surface area contributed by atoms with Crippen LogP contribution in [0.1, 0.15) is 6.42 Å². The van der Waals surface area contributed by atoms with Gasteiger partial charge in [-0.1, -0.05) is 18.2 Å². The van der Waals surface area contributed by atoms with Gasteiger partial charge in [0, 0.05) is 23.6 Å². The van der Waals surface area contributed by atoms with Gasteiger partial charge in [-0.25, -0.2) is 4.98 Å². The number of nitrogens with zero attached hydrogens (tertiary/aromatic N) is 2. The van der Waals surface area contributed by atoms with Crippen molar-refractivity contribution in [2.75, 3.05) is 5.32 Å². The van der Waals surface area contributed by atoms with E-state index in [2.05, 4.69) is 10.3 Å². The molecule has 0 fully saturated rings. The molecule has 0 saturated heterocycles. The van der Waals surface area contributed by atoms with Crippen LogP contribution in [0.5, 0.6) is 0 Å². The van der Waals surface area contributed by atoms with Crippen LogP contribution in [0.25, 0.3) is 16.9 Å². The van der Waals surface area contributed by atoms with Gasteiger partial charge in [-0.15, -0.1) is 0 Å². The molecule has 118 valence electrons. The Labute approximate surface area is 129 Å². The predicted octanol–water partition coefficient (Wildman–Crippen LogP) is 3.89. The van der Waals surface area contributed by atoms with Crippen molar-refractivity contribution >= 4 is 17.2 Å². The minimum atomic E-state index is -4.51. The number of benzene rings is 1. The zero-order valence-corrected chi connectivity index (χ0v) is 11.8. The first-order valence-electron chi connectivity index (χ1n) is 6.81. The van der Waals surface area contributed by atoms with E-state index in [1.807, 2.05) is 35.0 Å². The molecule has 0 aliphatic heterocycles. The first-order chi connectivity index (χ1) is 10.9. The molecule has 3 aromatic rings.